The van der Waals surface area contributed by atoms with E-state index < -0.39 is 0 Å². The maximum Gasteiger partial charge on any atom is 0.318 e. The molecule has 23 heavy (non-hydrogen) atoms. The number of rotatable bonds is 3. The molecular weight excluding hydrogens is 294 g/mol. The minimum atomic E-state index is -0.0865. The number of aryl methyl sites for hydroxylation is 2. The van der Waals surface area contributed by atoms with Crippen molar-refractivity contribution >= 4 is 6.03 Å². The highest BCUT2D eigenvalue weighted by molar-refractivity contribution is 5.74. The van der Waals surface area contributed by atoms with Gasteiger partial charge in [-0.3, -0.25) is 0 Å². The molecule has 1 aliphatic heterocycles. The van der Waals surface area contributed by atoms with Crippen LogP contribution in [0.4, 0.5) is 4.79 Å². The average Bonchev–Trinajstić information content (AvgIpc) is 3.13. The van der Waals surface area contributed by atoms with Gasteiger partial charge in [0.1, 0.15) is 23.0 Å². The van der Waals surface area contributed by atoms with Crippen LogP contribution in [0, 0.1) is 19.8 Å². The Morgan fingerprint density at radius 1 is 1.39 bits per heavy atom. The summed E-state index contributed by atoms with van der Waals surface area (Å²) in [6.45, 7) is 7.07. The van der Waals surface area contributed by atoms with E-state index >= 15 is 0 Å². The zero-order valence-electron chi connectivity index (χ0n) is 13.8. The zero-order valence-corrected chi connectivity index (χ0v) is 13.8. The number of amides is 2. The maximum absolute atomic E-state index is 12.6. The molecule has 6 nitrogen and oxygen atoms in total. The second-order valence-corrected chi connectivity index (χ2v) is 6.37. The number of nitrogens with zero attached hydrogens (tertiary/aromatic N) is 2. The van der Waals surface area contributed by atoms with Gasteiger partial charge in [0, 0.05) is 12.6 Å². The SMILES string of the molecule is Cc1cc(CNC(=O)N2CCC(C)CC2c2ccc(C)o2)no1. The van der Waals surface area contributed by atoms with E-state index in [4.69, 9.17) is 8.94 Å². The topological polar surface area (TPSA) is 71.5 Å². The normalized spacial score (nSPS) is 21.4. The van der Waals surface area contributed by atoms with Crippen LogP contribution in [-0.4, -0.2) is 22.6 Å². The Kier molecular flexibility index (Phi) is 4.41. The quantitative estimate of drug-likeness (QED) is 0.939. The number of aromatic nitrogens is 1. The molecule has 0 aromatic carbocycles. The summed E-state index contributed by atoms with van der Waals surface area (Å²) in [6, 6.07) is 5.65. The van der Waals surface area contributed by atoms with Gasteiger partial charge in [-0.2, -0.15) is 0 Å². The summed E-state index contributed by atoms with van der Waals surface area (Å²) in [5, 5.41) is 6.82. The predicted molar refractivity (Wildman–Crippen MR) is 84.8 cm³/mol. The molecule has 0 radical (unpaired) electrons. The number of carbonyl (C=O) groups excluding carboxylic acids is 1. The number of hydrogen-bond donors (Lipinski definition) is 1. The maximum atomic E-state index is 12.6. The number of hydrogen-bond acceptors (Lipinski definition) is 4. The van der Waals surface area contributed by atoms with Gasteiger partial charge in [-0.15, -0.1) is 0 Å². The first-order chi connectivity index (χ1) is 11.0. The van der Waals surface area contributed by atoms with Crippen LogP contribution in [0.1, 0.15) is 48.8 Å². The highest BCUT2D eigenvalue weighted by Crippen LogP contribution is 2.34. The summed E-state index contributed by atoms with van der Waals surface area (Å²) in [7, 11) is 0. The molecule has 1 fully saturated rings. The Hall–Kier alpha value is -2.24. The molecule has 2 amide bonds. The average molecular weight is 317 g/mol. The van der Waals surface area contributed by atoms with Gasteiger partial charge in [-0.05, 0) is 44.7 Å². The summed E-state index contributed by atoms with van der Waals surface area (Å²) in [4.78, 5) is 14.5. The minimum Gasteiger partial charge on any atom is -0.464 e. The highest BCUT2D eigenvalue weighted by Gasteiger charge is 2.32. The van der Waals surface area contributed by atoms with Gasteiger partial charge in [-0.25, -0.2) is 4.79 Å². The monoisotopic (exact) mass is 317 g/mol. The number of piperidine rings is 1. The molecule has 2 unspecified atom stereocenters. The van der Waals surface area contributed by atoms with Gasteiger partial charge in [-0.1, -0.05) is 12.1 Å². The van der Waals surface area contributed by atoms with E-state index in [1.807, 2.05) is 36.9 Å². The lowest BCUT2D eigenvalue weighted by atomic mass is 9.91. The molecular formula is C17H23N3O3. The molecule has 0 spiro atoms. The molecule has 1 N–H and O–H groups in total. The summed E-state index contributed by atoms with van der Waals surface area (Å²) in [5.74, 6) is 3.05. The Labute approximate surface area is 135 Å². The van der Waals surface area contributed by atoms with Crippen LogP contribution >= 0.6 is 0 Å². The standard InChI is InChI=1S/C17H23N3O3/c1-11-6-7-20(15(8-11)16-5-4-12(2)22-16)17(21)18-10-14-9-13(3)23-19-14/h4-5,9,11,15H,6-8,10H2,1-3H3,(H,18,21). The van der Waals surface area contributed by atoms with E-state index in [0.717, 1.165) is 42.4 Å². The first-order valence-electron chi connectivity index (χ1n) is 8.06. The van der Waals surface area contributed by atoms with E-state index in [1.165, 1.54) is 0 Å². The number of likely N-dealkylation sites (tertiary alicyclic amines) is 1. The molecule has 2 aromatic rings. The molecule has 1 saturated heterocycles. The van der Waals surface area contributed by atoms with Crippen LogP contribution in [0.25, 0.3) is 0 Å². The Morgan fingerprint density at radius 3 is 2.87 bits per heavy atom. The molecule has 2 aromatic heterocycles. The Morgan fingerprint density at radius 2 is 2.22 bits per heavy atom. The van der Waals surface area contributed by atoms with Crippen molar-refractivity contribution in [3.8, 4) is 0 Å². The van der Waals surface area contributed by atoms with Crippen LogP contribution in [0.15, 0.2) is 27.1 Å². The lowest BCUT2D eigenvalue weighted by Crippen LogP contribution is -2.45. The van der Waals surface area contributed by atoms with Gasteiger partial charge in [0.15, 0.2) is 0 Å². The van der Waals surface area contributed by atoms with E-state index in [9.17, 15) is 4.79 Å². The Balaban J connectivity index is 1.68. The van der Waals surface area contributed by atoms with Crippen LogP contribution in [0.5, 0.6) is 0 Å². The number of nitrogens with one attached hydrogen (secondary N) is 1. The van der Waals surface area contributed by atoms with Crippen LogP contribution in [-0.2, 0) is 6.54 Å². The summed E-state index contributed by atoms with van der Waals surface area (Å²) < 4.78 is 10.8. The fourth-order valence-corrected chi connectivity index (χ4v) is 3.06. The van der Waals surface area contributed by atoms with Crippen molar-refractivity contribution in [2.24, 2.45) is 5.92 Å². The van der Waals surface area contributed by atoms with Crippen molar-refractivity contribution in [3.63, 3.8) is 0 Å². The van der Waals surface area contributed by atoms with Gasteiger partial charge in [0.25, 0.3) is 0 Å². The summed E-state index contributed by atoms with van der Waals surface area (Å²) in [5.41, 5.74) is 0.728. The third-order valence-electron chi connectivity index (χ3n) is 4.31. The molecule has 2 atom stereocenters. The van der Waals surface area contributed by atoms with E-state index in [-0.39, 0.29) is 12.1 Å². The summed E-state index contributed by atoms with van der Waals surface area (Å²) in [6.07, 6.45) is 1.93. The van der Waals surface area contributed by atoms with Gasteiger partial charge >= 0.3 is 6.03 Å². The zero-order chi connectivity index (χ0) is 16.4. The third kappa shape index (κ3) is 3.57. The van der Waals surface area contributed by atoms with Crippen LogP contribution in [0.3, 0.4) is 0 Å². The van der Waals surface area contributed by atoms with Crippen molar-refractivity contribution < 1.29 is 13.7 Å². The Bertz CT molecular complexity index is 676. The van der Waals surface area contributed by atoms with Crippen molar-refractivity contribution in [1.82, 2.24) is 15.4 Å². The predicted octanol–water partition coefficient (Wildman–Crippen LogP) is 3.57. The number of urea groups is 1. The molecule has 6 heteroatoms. The van der Waals surface area contributed by atoms with Gasteiger partial charge in [0.05, 0.1) is 12.6 Å². The summed E-state index contributed by atoms with van der Waals surface area (Å²) >= 11 is 0. The third-order valence-corrected chi connectivity index (χ3v) is 4.31. The first kappa shape index (κ1) is 15.6. The lowest BCUT2D eigenvalue weighted by molar-refractivity contribution is 0.118. The highest BCUT2D eigenvalue weighted by atomic mass is 16.5. The molecule has 0 bridgehead atoms. The lowest BCUT2D eigenvalue weighted by Gasteiger charge is -2.37. The van der Waals surface area contributed by atoms with Crippen molar-refractivity contribution in [2.45, 2.75) is 46.2 Å². The fourth-order valence-electron chi connectivity index (χ4n) is 3.06. The van der Waals surface area contributed by atoms with E-state index in [0.29, 0.717) is 12.5 Å². The van der Waals surface area contributed by atoms with Crippen molar-refractivity contribution in [3.05, 3.63) is 41.2 Å². The fraction of sp³-hybridized carbons (Fsp3) is 0.529. The second kappa shape index (κ2) is 6.48. The molecule has 3 rings (SSSR count). The van der Waals surface area contributed by atoms with Crippen LogP contribution < -0.4 is 5.32 Å². The molecule has 0 aliphatic carbocycles. The van der Waals surface area contributed by atoms with Gasteiger partial charge in [0.2, 0.25) is 0 Å². The van der Waals surface area contributed by atoms with Crippen LogP contribution in [0.2, 0.25) is 0 Å². The van der Waals surface area contributed by atoms with E-state index in [1.54, 1.807) is 0 Å². The second-order valence-electron chi connectivity index (χ2n) is 6.37. The first-order valence-corrected chi connectivity index (χ1v) is 8.06. The minimum absolute atomic E-state index is 0.00787. The molecule has 124 valence electrons. The number of carbonyl (C=O) groups is 1. The number of furan rings is 1. The van der Waals surface area contributed by atoms with Crippen molar-refractivity contribution in [1.29, 1.82) is 0 Å². The van der Waals surface area contributed by atoms with Gasteiger partial charge < -0.3 is 19.2 Å². The van der Waals surface area contributed by atoms with Crippen molar-refractivity contribution in [2.75, 3.05) is 6.54 Å². The van der Waals surface area contributed by atoms with E-state index in [2.05, 4.69) is 17.4 Å². The molecule has 3 heterocycles. The largest absolute Gasteiger partial charge is 0.464 e. The molecule has 0 saturated carbocycles. The smallest absolute Gasteiger partial charge is 0.318 e. The molecule has 1 aliphatic rings.